The number of benzene rings is 24. The summed E-state index contributed by atoms with van der Waals surface area (Å²) < 4.78 is 15.2. The first-order valence-corrected chi connectivity index (χ1v) is 48.9. The molecule has 0 saturated heterocycles. The molecule has 3 N–H and O–H groups in total. The summed E-state index contributed by atoms with van der Waals surface area (Å²) in [5.41, 5.74) is 30.9. The number of fused-ring (bicyclic) bond motifs is 15. The molecule has 0 aliphatic rings. The van der Waals surface area contributed by atoms with E-state index in [9.17, 15) is 0 Å². The van der Waals surface area contributed by atoms with Crippen LogP contribution < -0.4 is 25.8 Å². The number of anilines is 12. The molecule has 0 bridgehead atoms. The quantitative estimate of drug-likeness (QED) is 0.0782. The molecule has 0 unspecified atom stereocenters. The minimum Gasteiger partial charge on any atom is -0.454 e. The zero-order chi connectivity index (χ0) is 94.7. The fourth-order valence-electron chi connectivity index (χ4n) is 18.9. The number of nitrogens with two attached hydrogens (primary N) is 1. The van der Waals surface area contributed by atoms with Crippen LogP contribution in [0.1, 0.15) is 0 Å². The Hall–Kier alpha value is -17.6. The Morgan fingerprint density at radius 2 is 0.454 bits per heavy atom. The van der Waals surface area contributed by atoms with Crippen LogP contribution >= 0.6 is 31.9 Å². The number of para-hydroxylation sites is 7. The lowest BCUT2D eigenvalue weighted by Crippen LogP contribution is -2.10. The summed E-state index contributed by atoms with van der Waals surface area (Å²) in [7, 11) is 0. The Kier molecular flexibility index (Phi) is 25.6. The van der Waals surface area contributed by atoms with Gasteiger partial charge >= 0.3 is 0 Å². The maximum absolute atomic E-state index is 6.58. The SMILES string of the molecule is Brc1ccc(-c2ccc(N(c3ccc(-c4ccccc4)cc3)c3cccc4c3oc3ccccc34)cc2)cc1.Brc1ccc2ccc3ccccc3c2c1.Nc1ccccc1.c1ccc(-c2ccc(N(c3ccc(-c4ccc(N(c5ccccc5)c5ccc6ccc7ccccc7c6c5)cc4)cc3)c3cccc4c3oc3ccccc34)cc2)cc1.c1ccc(Nc2ccc3ccc4ccccc4c3c2)cc1. The molecule has 0 aliphatic carbocycles. The number of rotatable bonds is 15. The number of nitrogens with one attached hydrogen (secondary N) is 1. The average molecular weight is 1940 g/mol. The van der Waals surface area contributed by atoms with Crippen molar-refractivity contribution in [3.05, 3.63) is 555 Å². The lowest BCUT2D eigenvalue weighted by Gasteiger charge is -2.26. The normalized spacial score (nSPS) is 11.1. The summed E-state index contributed by atoms with van der Waals surface area (Å²) in [6.45, 7) is 0. The van der Waals surface area contributed by atoms with Crippen molar-refractivity contribution in [3.8, 4) is 44.5 Å². The van der Waals surface area contributed by atoms with Crippen molar-refractivity contribution in [1.82, 2.24) is 0 Å². The average Bonchev–Trinajstić information content (AvgIpc) is 1.52. The summed E-state index contributed by atoms with van der Waals surface area (Å²) in [5.74, 6) is 0. The van der Waals surface area contributed by atoms with Crippen molar-refractivity contribution in [2.75, 3.05) is 25.8 Å². The minimum atomic E-state index is 0.822. The Balaban J connectivity index is 0.000000118. The van der Waals surface area contributed by atoms with Gasteiger partial charge in [0.2, 0.25) is 0 Å². The van der Waals surface area contributed by atoms with E-state index in [0.29, 0.717) is 0 Å². The molecule has 0 atom stereocenters. The number of hydrogen-bond donors (Lipinski definition) is 2. The molecule has 2 heterocycles. The first-order valence-electron chi connectivity index (χ1n) is 47.3. The molecule has 9 heteroatoms. The molecule has 0 radical (unpaired) electrons. The topological polar surface area (TPSA) is 74.1 Å². The van der Waals surface area contributed by atoms with E-state index in [-0.39, 0.29) is 0 Å². The molecular formula is C132H93Br2N5O2. The van der Waals surface area contributed by atoms with Gasteiger partial charge in [-0.3, -0.25) is 0 Å². The van der Waals surface area contributed by atoms with Crippen molar-refractivity contribution in [1.29, 1.82) is 0 Å². The molecule has 141 heavy (non-hydrogen) atoms. The standard InChI is InChI=1S/C56H38N2O.C36H24BrNO.C20H15N.C14H9Br.C6H7N/c1-3-12-39(13-4-1)40-26-33-47(34-27-40)58(54-20-11-19-52-51-18-9-10-21-55(51)59-56(52)54)48-35-28-42(29-36-48)41-24-31-46(32-25-41)57(45-15-5-2-6-16-45)49-37-30-44-23-22-43-14-7-8-17-50(43)53(44)38-49;37-29-19-13-26(14-20-29)28-17-23-31(24-18-28)38(30-21-15-27(16-22-30)25-7-2-1-3-8-25)34-11-6-10-33-32-9-4-5-12-35(32)39-36(33)34;1-2-7-17(8-3-1)21-18-13-12-16-11-10-15-6-4-5-9-19(15)20(16)14-18;15-12-8-7-11-6-5-10-3-1-2-4-13(10)14(11)9-12;7-6-4-2-1-3-5-6/h1-38H;1-24H;1-14,21H;1-9H;1-5H,7H2. The van der Waals surface area contributed by atoms with Crippen LogP contribution in [0.2, 0.25) is 0 Å². The van der Waals surface area contributed by atoms with E-state index in [1.807, 2.05) is 78.9 Å². The zero-order valence-corrected chi connectivity index (χ0v) is 80.1. The van der Waals surface area contributed by atoms with Gasteiger partial charge in [-0.05, 0) is 279 Å². The van der Waals surface area contributed by atoms with E-state index >= 15 is 0 Å². The molecule has 26 aromatic rings. The summed E-state index contributed by atoms with van der Waals surface area (Å²) in [6, 6.07) is 192. The van der Waals surface area contributed by atoms with Gasteiger partial charge in [-0.1, -0.05) is 408 Å². The van der Waals surface area contributed by atoms with Gasteiger partial charge < -0.3 is 34.6 Å². The van der Waals surface area contributed by atoms with Crippen LogP contribution in [0.15, 0.2) is 564 Å². The van der Waals surface area contributed by atoms with Gasteiger partial charge in [-0.25, -0.2) is 0 Å². The molecule has 2 aromatic heterocycles. The highest BCUT2D eigenvalue weighted by Gasteiger charge is 2.24. The minimum absolute atomic E-state index is 0.822. The molecule has 0 amide bonds. The molecule has 0 fully saturated rings. The van der Waals surface area contributed by atoms with Crippen molar-refractivity contribution >= 4 is 209 Å². The number of nitrogen functional groups attached to an aromatic ring is 1. The fraction of sp³-hybridized carbons (Fsp3) is 0. The van der Waals surface area contributed by atoms with Crippen LogP contribution in [0, 0.1) is 0 Å². The van der Waals surface area contributed by atoms with E-state index in [4.69, 9.17) is 14.6 Å². The monoisotopic (exact) mass is 1940 g/mol. The Morgan fingerprint density at radius 3 is 0.858 bits per heavy atom. The first kappa shape index (κ1) is 88.7. The van der Waals surface area contributed by atoms with Crippen molar-refractivity contribution < 1.29 is 8.83 Å². The second-order valence-electron chi connectivity index (χ2n) is 34.8. The predicted molar refractivity (Wildman–Crippen MR) is 607 cm³/mol. The van der Waals surface area contributed by atoms with E-state index in [1.54, 1.807) is 0 Å². The summed E-state index contributed by atoms with van der Waals surface area (Å²) in [4.78, 5) is 6.93. The Labute approximate surface area is 836 Å². The van der Waals surface area contributed by atoms with E-state index in [2.05, 4.69) is 519 Å². The third-order valence-electron chi connectivity index (χ3n) is 25.9. The lowest BCUT2D eigenvalue weighted by atomic mass is 10.0. The van der Waals surface area contributed by atoms with Crippen LogP contribution in [0.25, 0.3) is 153 Å². The predicted octanol–water partition coefficient (Wildman–Crippen LogP) is 39.1. The van der Waals surface area contributed by atoms with E-state index in [1.165, 1.54) is 98.0 Å². The molecule has 0 spiro atoms. The third kappa shape index (κ3) is 19.3. The van der Waals surface area contributed by atoms with Crippen LogP contribution in [-0.4, -0.2) is 0 Å². The molecule has 672 valence electrons. The molecule has 26 rings (SSSR count). The van der Waals surface area contributed by atoms with E-state index < -0.39 is 0 Å². The maximum atomic E-state index is 6.58. The van der Waals surface area contributed by atoms with Crippen molar-refractivity contribution in [2.24, 2.45) is 0 Å². The van der Waals surface area contributed by atoms with Crippen molar-refractivity contribution in [2.45, 2.75) is 0 Å². The summed E-state index contributed by atoms with van der Waals surface area (Å²) in [5, 5.41) is 23.2. The van der Waals surface area contributed by atoms with Gasteiger partial charge in [-0.2, -0.15) is 0 Å². The van der Waals surface area contributed by atoms with Crippen LogP contribution in [-0.2, 0) is 0 Å². The Bertz CT molecular complexity index is 8880. The maximum Gasteiger partial charge on any atom is 0.159 e. The molecular weight excluding hydrogens is 1850 g/mol. The zero-order valence-electron chi connectivity index (χ0n) is 77.0. The van der Waals surface area contributed by atoms with E-state index in [0.717, 1.165) is 132 Å². The number of nitrogens with zero attached hydrogens (tertiary/aromatic N) is 3. The molecule has 7 nitrogen and oxygen atoms in total. The van der Waals surface area contributed by atoms with Gasteiger partial charge in [0.05, 0.1) is 11.4 Å². The largest absolute Gasteiger partial charge is 0.454 e. The third-order valence-corrected chi connectivity index (χ3v) is 26.9. The lowest BCUT2D eigenvalue weighted by molar-refractivity contribution is 0.668. The highest BCUT2D eigenvalue weighted by atomic mass is 79.9. The summed E-state index contributed by atoms with van der Waals surface area (Å²) >= 11 is 7.06. The van der Waals surface area contributed by atoms with Gasteiger partial charge in [0.25, 0.3) is 0 Å². The van der Waals surface area contributed by atoms with Gasteiger partial charge in [0, 0.05) is 87.4 Å². The highest BCUT2D eigenvalue weighted by molar-refractivity contribution is 9.10. The van der Waals surface area contributed by atoms with Gasteiger partial charge in [0.15, 0.2) is 11.2 Å². The molecule has 0 aliphatic heterocycles. The molecule has 24 aromatic carbocycles. The fourth-order valence-corrected chi connectivity index (χ4v) is 19.6. The van der Waals surface area contributed by atoms with Crippen molar-refractivity contribution in [3.63, 3.8) is 0 Å². The molecule has 0 saturated carbocycles. The smallest absolute Gasteiger partial charge is 0.159 e. The van der Waals surface area contributed by atoms with Gasteiger partial charge in [0.1, 0.15) is 11.2 Å². The van der Waals surface area contributed by atoms with Crippen LogP contribution in [0.4, 0.5) is 68.2 Å². The van der Waals surface area contributed by atoms with Gasteiger partial charge in [-0.15, -0.1) is 0 Å². The number of halogens is 2. The second kappa shape index (κ2) is 40.7. The van der Waals surface area contributed by atoms with Crippen LogP contribution in [0.3, 0.4) is 0 Å². The highest BCUT2D eigenvalue weighted by Crippen LogP contribution is 2.48. The second-order valence-corrected chi connectivity index (χ2v) is 36.6. The number of furan rings is 2. The number of hydrogen-bond acceptors (Lipinski definition) is 7. The van der Waals surface area contributed by atoms with Crippen LogP contribution in [0.5, 0.6) is 0 Å². The first-order chi connectivity index (χ1) is 69.6. The Morgan fingerprint density at radius 1 is 0.177 bits per heavy atom. The summed E-state index contributed by atoms with van der Waals surface area (Å²) in [6.07, 6.45) is 0.